The molecule has 0 unspecified atom stereocenters. The van der Waals surface area contributed by atoms with Crippen LogP contribution in [0.25, 0.3) is 0 Å². The molecule has 0 aromatic heterocycles. The van der Waals surface area contributed by atoms with Crippen LogP contribution in [0.15, 0.2) is 0 Å². The molecule has 1 aliphatic rings. The number of ether oxygens (including phenoxy) is 1. The summed E-state index contributed by atoms with van der Waals surface area (Å²) >= 11 is 0. The summed E-state index contributed by atoms with van der Waals surface area (Å²) in [7, 11) is -3.19. The fourth-order valence-electron chi connectivity index (χ4n) is 1.45. The number of hydrogen-bond acceptors (Lipinski definition) is 4. The highest BCUT2D eigenvalue weighted by atomic mass is 32.2. The number of sulfonamides is 1. The van der Waals surface area contributed by atoms with E-state index in [0.29, 0.717) is 19.7 Å². The van der Waals surface area contributed by atoms with Crippen LogP contribution in [0, 0.1) is 0 Å². The van der Waals surface area contributed by atoms with Crippen molar-refractivity contribution in [2.45, 2.75) is 20.0 Å². The standard InChI is InChI=1S/C9H18N2O4S/c1-3-16(13,14)10-6-9-7-11(8(2)12)4-5-15-9/h9-10H,3-7H2,1-2H3/t9-/m0/s1. The monoisotopic (exact) mass is 250 g/mol. The van der Waals surface area contributed by atoms with Crippen molar-refractivity contribution in [2.75, 3.05) is 32.0 Å². The predicted octanol–water partition coefficient (Wildman–Crippen LogP) is -0.827. The number of nitrogens with zero attached hydrogens (tertiary/aromatic N) is 1. The van der Waals surface area contributed by atoms with E-state index in [0.717, 1.165) is 0 Å². The molecule has 0 saturated carbocycles. The van der Waals surface area contributed by atoms with E-state index in [1.54, 1.807) is 11.8 Å². The van der Waals surface area contributed by atoms with Gasteiger partial charge in [-0.3, -0.25) is 4.79 Å². The largest absolute Gasteiger partial charge is 0.373 e. The zero-order chi connectivity index (χ0) is 12.2. The SMILES string of the molecule is CCS(=O)(=O)NC[C@H]1CN(C(C)=O)CCO1. The summed E-state index contributed by atoms with van der Waals surface area (Å²) in [5.74, 6) is 0.0440. The Balaban J connectivity index is 2.41. The van der Waals surface area contributed by atoms with Gasteiger partial charge in [-0.25, -0.2) is 13.1 Å². The molecule has 16 heavy (non-hydrogen) atoms. The summed E-state index contributed by atoms with van der Waals surface area (Å²) in [5.41, 5.74) is 0. The maximum absolute atomic E-state index is 11.2. The normalized spacial score (nSPS) is 22.1. The smallest absolute Gasteiger partial charge is 0.219 e. The highest BCUT2D eigenvalue weighted by Gasteiger charge is 2.23. The van der Waals surface area contributed by atoms with Crippen LogP contribution in [0.1, 0.15) is 13.8 Å². The van der Waals surface area contributed by atoms with E-state index in [4.69, 9.17) is 4.74 Å². The Morgan fingerprint density at radius 1 is 1.56 bits per heavy atom. The van der Waals surface area contributed by atoms with E-state index < -0.39 is 10.0 Å². The Labute approximate surface area is 96.0 Å². The zero-order valence-electron chi connectivity index (χ0n) is 9.60. The minimum Gasteiger partial charge on any atom is -0.373 e. The summed E-state index contributed by atoms with van der Waals surface area (Å²) in [5, 5.41) is 0. The van der Waals surface area contributed by atoms with Crippen molar-refractivity contribution in [1.29, 1.82) is 0 Å². The van der Waals surface area contributed by atoms with Crippen LogP contribution < -0.4 is 4.72 Å². The molecule has 1 saturated heterocycles. The molecule has 1 heterocycles. The van der Waals surface area contributed by atoms with Crippen molar-refractivity contribution in [2.24, 2.45) is 0 Å². The third-order valence-electron chi connectivity index (χ3n) is 2.50. The maximum Gasteiger partial charge on any atom is 0.219 e. The average Bonchev–Trinajstić information content (AvgIpc) is 2.27. The third kappa shape index (κ3) is 4.07. The van der Waals surface area contributed by atoms with Gasteiger partial charge in [-0.2, -0.15) is 0 Å². The second-order valence-electron chi connectivity index (χ2n) is 3.71. The average molecular weight is 250 g/mol. The van der Waals surface area contributed by atoms with Crippen molar-refractivity contribution in [1.82, 2.24) is 9.62 Å². The highest BCUT2D eigenvalue weighted by molar-refractivity contribution is 7.89. The molecule has 1 rings (SSSR count). The van der Waals surface area contributed by atoms with Gasteiger partial charge in [0.2, 0.25) is 15.9 Å². The van der Waals surface area contributed by atoms with Gasteiger partial charge in [0.25, 0.3) is 0 Å². The van der Waals surface area contributed by atoms with Crippen LogP contribution in [-0.2, 0) is 19.6 Å². The molecular weight excluding hydrogens is 232 g/mol. The van der Waals surface area contributed by atoms with E-state index >= 15 is 0 Å². The molecular formula is C9H18N2O4S. The highest BCUT2D eigenvalue weighted by Crippen LogP contribution is 2.04. The minimum atomic E-state index is -3.19. The molecule has 0 aromatic rings. The van der Waals surface area contributed by atoms with Crippen molar-refractivity contribution >= 4 is 15.9 Å². The van der Waals surface area contributed by atoms with Gasteiger partial charge < -0.3 is 9.64 Å². The van der Waals surface area contributed by atoms with Gasteiger partial charge >= 0.3 is 0 Å². The van der Waals surface area contributed by atoms with E-state index in [1.807, 2.05) is 0 Å². The van der Waals surface area contributed by atoms with E-state index in [9.17, 15) is 13.2 Å². The fourth-order valence-corrected chi connectivity index (χ4v) is 2.09. The molecule has 1 N–H and O–H groups in total. The topological polar surface area (TPSA) is 75.7 Å². The molecule has 0 bridgehead atoms. The number of carbonyl (C=O) groups is 1. The summed E-state index contributed by atoms with van der Waals surface area (Å²) in [6.07, 6.45) is -0.251. The van der Waals surface area contributed by atoms with E-state index in [1.165, 1.54) is 6.92 Å². The van der Waals surface area contributed by atoms with Crippen molar-refractivity contribution in [3.05, 3.63) is 0 Å². The molecule has 1 amide bonds. The number of nitrogens with one attached hydrogen (secondary N) is 1. The lowest BCUT2D eigenvalue weighted by Gasteiger charge is -2.32. The van der Waals surface area contributed by atoms with Gasteiger partial charge in [0.1, 0.15) is 0 Å². The first-order valence-corrected chi connectivity index (χ1v) is 6.94. The molecule has 0 aromatic carbocycles. The Morgan fingerprint density at radius 3 is 2.81 bits per heavy atom. The lowest BCUT2D eigenvalue weighted by Crippen LogP contribution is -2.49. The minimum absolute atomic E-state index is 0.00773. The van der Waals surface area contributed by atoms with Crippen LogP contribution in [-0.4, -0.2) is 57.3 Å². The lowest BCUT2D eigenvalue weighted by atomic mass is 10.3. The van der Waals surface area contributed by atoms with Gasteiger partial charge in [-0.1, -0.05) is 0 Å². The first-order valence-electron chi connectivity index (χ1n) is 5.29. The molecule has 1 atom stereocenters. The van der Waals surface area contributed by atoms with Crippen LogP contribution in [0.3, 0.4) is 0 Å². The summed E-state index contributed by atoms with van der Waals surface area (Å²) in [4.78, 5) is 12.8. The van der Waals surface area contributed by atoms with Crippen molar-refractivity contribution in [3.8, 4) is 0 Å². The number of carbonyl (C=O) groups excluding carboxylic acids is 1. The molecule has 1 aliphatic heterocycles. The fraction of sp³-hybridized carbons (Fsp3) is 0.889. The first-order chi connectivity index (χ1) is 7.44. The first kappa shape index (κ1) is 13.4. The summed E-state index contributed by atoms with van der Waals surface area (Å²) in [6.45, 7) is 4.77. The van der Waals surface area contributed by atoms with Gasteiger partial charge in [0.15, 0.2) is 0 Å². The zero-order valence-corrected chi connectivity index (χ0v) is 10.4. The van der Waals surface area contributed by atoms with Crippen molar-refractivity contribution < 1.29 is 17.9 Å². The Hall–Kier alpha value is -0.660. The molecule has 94 valence electrons. The van der Waals surface area contributed by atoms with Gasteiger partial charge in [0, 0.05) is 26.6 Å². The molecule has 0 aliphatic carbocycles. The number of rotatable bonds is 4. The number of amides is 1. The van der Waals surface area contributed by atoms with Gasteiger partial charge in [0.05, 0.1) is 18.5 Å². The third-order valence-corrected chi connectivity index (χ3v) is 3.86. The second kappa shape index (κ2) is 5.60. The molecule has 0 spiro atoms. The summed E-state index contributed by atoms with van der Waals surface area (Å²) < 4.78 is 30.2. The number of morpholine rings is 1. The Morgan fingerprint density at radius 2 is 2.25 bits per heavy atom. The lowest BCUT2D eigenvalue weighted by molar-refractivity contribution is -0.136. The van der Waals surface area contributed by atoms with Gasteiger partial charge in [-0.15, -0.1) is 0 Å². The van der Waals surface area contributed by atoms with E-state index in [-0.39, 0.29) is 24.3 Å². The molecule has 7 heteroatoms. The molecule has 1 fully saturated rings. The molecule has 0 radical (unpaired) electrons. The molecule has 6 nitrogen and oxygen atoms in total. The number of hydrogen-bond donors (Lipinski definition) is 1. The summed E-state index contributed by atoms with van der Waals surface area (Å²) in [6, 6.07) is 0. The Kier molecular flexibility index (Phi) is 4.69. The van der Waals surface area contributed by atoms with E-state index in [2.05, 4.69) is 4.72 Å². The second-order valence-corrected chi connectivity index (χ2v) is 5.81. The Bertz CT molecular complexity index is 341. The van der Waals surface area contributed by atoms with Crippen LogP contribution in [0.2, 0.25) is 0 Å². The van der Waals surface area contributed by atoms with Crippen LogP contribution in [0.5, 0.6) is 0 Å². The van der Waals surface area contributed by atoms with Crippen LogP contribution >= 0.6 is 0 Å². The van der Waals surface area contributed by atoms with Crippen LogP contribution in [0.4, 0.5) is 0 Å². The quantitative estimate of drug-likeness (QED) is 0.707. The predicted molar refractivity (Wildman–Crippen MR) is 59.5 cm³/mol. The maximum atomic E-state index is 11.2. The van der Waals surface area contributed by atoms with Crippen molar-refractivity contribution in [3.63, 3.8) is 0 Å². The van der Waals surface area contributed by atoms with Gasteiger partial charge in [-0.05, 0) is 6.92 Å².